The van der Waals surface area contributed by atoms with E-state index in [0.717, 1.165) is 16.9 Å². The van der Waals surface area contributed by atoms with E-state index in [2.05, 4.69) is 5.32 Å². The maximum absolute atomic E-state index is 12.0. The molecule has 0 aliphatic carbocycles. The lowest BCUT2D eigenvalue weighted by molar-refractivity contribution is -0.148. The van der Waals surface area contributed by atoms with Crippen molar-refractivity contribution in [1.29, 1.82) is 0 Å². The number of carbonyl (C=O) groups excluding carboxylic acids is 2. The van der Waals surface area contributed by atoms with Gasteiger partial charge in [-0.25, -0.2) is 0 Å². The number of aryl methyl sites for hydroxylation is 1. The molecule has 0 saturated heterocycles. The number of para-hydroxylation sites is 1. The summed E-state index contributed by atoms with van der Waals surface area (Å²) in [6, 6.07) is 14.6. The average molecular weight is 390 g/mol. The second-order valence-corrected chi connectivity index (χ2v) is 6.48. The molecule has 0 heterocycles. The zero-order valence-electron chi connectivity index (χ0n) is 15.5. The monoisotopic (exact) mass is 389 g/mol. The zero-order valence-corrected chi connectivity index (χ0v) is 16.3. The van der Waals surface area contributed by atoms with Crippen molar-refractivity contribution in [3.05, 3.63) is 64.7 Å². The Labute approximate surface area is 164 Å². The Bertz CT molecular complexity index is 778. The molecule has 6 heteroatoms. The minimum absolute atomic E-state index is 0.182. The van der Waals surface area contributed by atoms with Crippen LogP contribution in [0.1, 0.15) is 37.4 Å². The summed E-state index contributed by atoms with van der Waals surface area (Å²) in [6.07, 6.45) is 0.677. The van der Waals surface area contributed by atoms with E-state index in [1.54, 1.807) is 12.1 Å². The van der Waals surface area contributed by atoms with Crippen molar-refractivity contribution in [2.24, 2.45) is 0 Å². The lowest BCUT2D eigenvalue weighted by atomic mass is 10.1. The highest BCUT2D eigenvalue weighted by atomic mass is 35.5. The molecule has 0 fully saturated rings. The van der Waals surface area contributed by atoms with Crippen molar-refractivity contribution in [2.75, 3.05) is 13.2 Å². The summed E-state index contributed by atoms with van der Waals surface area (Å²) in [7, 11) is 0. The number of ether oxygens (including phenoxy) is 2. The molecule has 0 saturated carbocycles. The lowest BCUT2D eigenvalue weighted by Gasteiger charge is -2.15. The van der Waals surface area contributed by atoms with Crippen molar-refractivity contribution in [3.63, 3.8) is 0 Å². The highest BCUT2D eigenvalue weighted by Gasteiger charge is 2.13. The number of esters is 1. The summed E-state index contributed by atoms with van der Waals surface area (Å²) >= 11 is 5.95. The van der Waals surface area contributed by atoms with Gasteiger partial charge in [0.1, 0.15) is 5.75 Å². The van der Waals surface area contributed by atoms with Crippen LogP contribution in [0.3, 0.4) is 0 Å². The van der Waals surface area contributed by atoms with Gasteiger partial charge >= 0.3 is 5.97 Å². The predicted octanol–water partition coefficient (Wildman–Crippen LogP) is 4.09. The second kappa shape index (κ2) is 10.6. The number of rotatable bonds is 9. The summed E-state index contributed by atoms with van der Waals surface area (Å²) in [5.41, 5.74) is 1.82. The number of amides is 1. The third-order valence-electron chi connectivity index (χ3n) is 3.96. The maximum atomic E-state index is 12.0. The minimum Gasteiger partial charge on any atom is -0.494 e. The smallest absolute Gasteiger partial charge is 0.306 e. The van der Waals surface area contributed by atoms with E-state index >= 15 is 0 Å². The van der Waals surface area contributed by atoms with Crippen molar-refractivity contribution in [3.8, 4) is 5.75 Å². The quantitative estimate of drug-likeness (QED) is 0.656. The molecule has 0 aliphatic heterocycles. The van der Waals surface area contributed by atoms with Gasteiger partial charge in [-0.15, -0.1) is 0 Å². The molecule has 0 aliphatic rings. The van der Waals surface area contributed by atoms with Crippen LogP contribution in [0, 0.1) is 0 Å². The van der Waals surface area contributed by atoms with Gasteiger partial charge in [-0.1, -0.05) is 41.9 Å². The van der Waals surface area contributed by atoms with Crippen LogP contribution < -0.4 is 10.1 Å². The van der Waals surface area contributed by atoms with Gasteiger partial charge in [0.2, 0.25) is 0 Å². The van der Waals surface area contributed by atoms with Gasteiger partial charge in [0.05, 0.1) is 12.6 Å². The van der Waals surface area contributed by atoms with Gasteiger partial charge in [0, 0.05) is 11.4 Å². The summed E-state index contributed by atoms with van der Waals surface area (Å²) in [5.74, 6) is -0.0155. The first kappa shape index (κ1) is 20.8. The standard InChI is InChI=1S/C21H24ClNO4/c1-3-26-19-10-5-4-7-16(19)11-12-21(25)27-14-20(24)23-15(2)17-8-6-9-18(22)13-17/h4-10,13,15H,3,11-12,14H2,1-2H3,(H,23,24)/t15-/m1/s1. The van der Waals surface area contributed by atoms with E-state index < -0.39 is 5.97 Å². The molecule has 2 rings (SSSR count). The van der Waals surface area contributed by atoms with Gasteiger partial charge in [0.25, 0.3) is 5.91 Å². The summed E-state index contributed by atoms with van der Waals surface area (Å²) in [4.78, 5) is 23.9. The maximum Gasteiger partial charge on any atom is 0.306 e. The van der Waals surface area contributed by atoms with Crippen LogP contribution >= 0.6 is 11.6 Å². The second-order valence-electron chi connectivity index (χ2n) is 6.05. The third-order valence-corrected chi connectivity index (χ3v) is 4.20. The van der Waals surface area contributed by atoms with Gasteiger partial charge in [-0.05, 0) is 49.6 Å². The molecule has 0 aromatic heterocycles. The first-order valence-electron chi connectivity index (χ1n) is 8.90. The molecule has 5 nitrogen and oxygen atoms in total. The fourth-order valence-corrected chi connectivity index (χ4v) is 2.80. The highest BCUT2D eigenvalue weighted by Crippen LogP contribution is 2.20. The molecule has 0 spiro atoms. The largest absolute Gasteiger partial charge is 0.494 e. The van der Waals surface area contributed by atoms with Crippen LogP contribution in [0.2, 0.25) is 5.02 Å². The van der Waals surface area contributed by atoms with E-state index in [1.165, 1.54) is 0 Å². The Balaban J connectivity index is 1.76. The molecule has 0 radical (unpaired) electrons. The number of nitrogens with one attached hydrogen (secondary N) is 1. The number of hydrogen-bond acceptors (Lipinski definition) is 4. The molecule has 0 unspecified atom stereocenters. The van der Waals surface area contributed by atoms with Crippen LogP contribution in [0.25, 0.3) is 0 Å². The number of hydrogen-bond donors (Lipinski definition) is 1. The highest BCUT2D eigenvalue weighted by molar-refractivity contribution is 6.30. The number of halogens is 1. The first-order chi connectivity index (χ1) is 13.0. The van der Waals surface area contributed by atoms with Gasteiger partial charge in [-0.2, -0.15) is 0 Å². The summed E-state index contributed by atoms with van der Waals surface area (Å²) in [6.45, 7) is 4.01. The molecular weight excluding hydrogens is 366 g/mol. The van der Waals surface area contributed by atoms with E-state index in [1.807, 2.05) is 50.2 Å². The molecule has 1 atom stereocenters. The van der Waals surface area contributed by atoms with E-state index in [4.69, 9.17) is 21.1 Å². The van der Waals surface area contributed by atoms with Crippen molar-refractivity contribution >= 4 is 23.5 Å². The summed E-state index contributed by atoms with van der Waals surface area (Å²) in [5, 5.41) is 3.39. The van der Waals surface area contributed by atoms with Gasteiger partial charge in [-0.3, -0.25) is 9.59 Å². The van der Waals surface area contributed by atoms with Crippen molar-refractivity contribution < 1.29 is 19.1 Å². The molecular formula is C21H24ClNO4. The van der Waals surface area contributed by atoms with Gasteiger partial charge in [0.15, 0.2) is 6.61 Å². The van der Waals surface area contributed by atoms with Crippen molar-refractivity contribution in [2.45, 2.75) is 32.7 Å². The first-order valence-corrected chi connectivity index (χ1v) is 9.28. The van der Waals surface area contributed by atoms with E-state index in [-0.39, 0.29) is 25.0 Å². The fourth-order valence-electron chi connectivity index (χ4n) is 2.60. The fraction of sp³-hybridized carbons (Fsp3) is 0.333. The van der Waals surface area contributed by atoms with Crippen LogP contribution in [-0.2, 0) is 20.7 Å². The molecule has 2 aromatic rings. The number of benzene rings is 2. The molecule has 144 valence electrons. The average Bonchev–Trinajstić information content (AvgIpc) is 2.66. The molecule has 1 amide bonds. The Kier molecular flexibility index (Phi) is 8.14. The molecule has 1 N–H and O–H groups in total. The zero-order chi connectivity index (χ0) is 19.6. The molecule has 2 aromatic carbocycles. The SMILES string of the molecule is CCOc1ccccc1CCC(=O)OCC(=O)N[C@H](C)c1cccc(Cl)c1. The summed E-state index contributed by atoms with van der Waals surface area (Å²) < 4.78 is 10.6. The topological polar surface area (TPSA) is 64.6 Å². The Hall–Kier alpha value is -2.53. The molecule has 27 heavy (non-hydrogen) atoms. The molecule has 0 bridgehead atoms. The van der Waals surface area contributed by atoms with Crippen LogP contribution in [0.4, 0.5) is 0 Å². The minimum atomic E-state index is -0.424. The van der Waals surface area contributed by atoms with E-state index in [9.17, 15) is 9.59 Å². The lowest BCUT2D eigenvalue weighted by Crippen LogP contribution is -2.31. The van der Waals surface area contributed by atoms with Crippen molar-refractivity contribution in [1.82, 2.24) is 5.32 Å². The van der Waals surface area contributed by atoms with Crippen LogP contribution in [-0.4, -0.2) is 25.1 Å². The van der Waals surface area contributed by atoms with Gasteiger partial charge < -0.3 is 14.8 Å². The van der Waals surface area contributed by atoms with Crippen LogP contribution in [0.15, 0.2) is 48.5 Å². The Morgan fingerprint density at radius 2 is 1.93 bits per heavy atom. The Morgan fingerprint density at radius 1 is 1.15 bits per heavy atom. The predicted molar refractivity (Wildman–Crippen MR) is 105 cm³/mol. The van der Waals surface area contributed by atoms with E-state index in [0.29, 0.717) is 18.1 Å². The Morgan fingerprint density at radius 3 is 2.67 bits per heavy atom. The number of carbonyl (C=O) groups is 2. The van der Waals surface area contributed by atoms with Crippen LogP contribution in [0.5, 0.6) is 5.75 Å². The normalized spacial score (nSPS) is 11.5. The third kappa shape index (κ3) is 6.94.